The third-order valence-corrected chi connectivity index (χ3v) is 5.20. The van der Waals surface area contributed by atoms with Crippen molar-refractivity contribution in [3.05, 3.63) is 80.9 Å². The predicted octanol–water partition coefficient (Wildman–Crippen LogP) is 2.43. The number of fused-ring (bicyclic) bond motifs is 2. The Hall–Kier alpha value is -3.81. The summed E-state index contributed by atoms with van der Waals surface area (Å²) < 4.78 is 6.70. The van der Waals surface area contributed by atoms with Crippen LogP contribution in [0.15, 0.2) is 47.3 Å². The van der Waals surface area contributed by atoms with Crippen molar-refractivity contribution in [3.63, 3.8) is 0 Å². The molecule has 0 unspecified atom stereocenters. The molecule has 1 aromatic carbocycles. The Kier molecular flexibility index (Phi) is 5.37. The van der Waals surface area contributed by atoms with Crippen LogP contribution in [0.2, 0.25) is 0 Å². The van der Waals surface area contributed by atoms with E-state index in [1.165, 1.54) is 10.5 Å². The van der Waals surface area contributed by atoms with Gasteiger partial charge in [-0.2, -0.15) is 0 Å². The van der Waals surface area contributed by atoms with Crippen LogP contribution in [-0.4, -0.2) is 38.6 Å². The molecular formula is C23H21N3O5. The Morgan fingerprint density at radius 2 is 1.77 bits per heavy atom. The van der Waals surface area contributed by atoms with Crippen LogP contribution in [0.4, 0.5) is 0 Å². The summed E-state index contributed by atoms with van der Waals surface area (Å²) in [5.41, 5.74) is 3.07. The van der Waals surface area contributed by atoms with E-state index in [0.717, 1.165) is 16.2 Å². The van der Waals surface area contributed by atoms with E-state index in [1.807, 2.05) is 19.9 Å². The number of nitrogens with zero attached hydrogens (tertiary/aromatic N) is 3. The van der Waals surface area contributed by atoms with E-state index in [0.29, 0.717) is 22.5 Å². The molecule has 31 heavy (non-hydrogen) atoms. The molecule has 0 saturated heterocycles. The van der Waals surface area contributed by atoms with Gasteiger partial charge in [-0.3, -0.25) is 28.5 Å². The minimum Gasteiger partial charge on any atom is -0.459 e. The highest BCUT2D eigenvalue weighted by Crippen LogP contribution is 2.24. The van der Waals surface area contributed by atoms with Gasteiger partial charge in [0.15, 0.2) is 0 Å². The Bertz CT molecular complexity index is 1280. The average molecular weight is 419 g/mol. The summed E-state index contributed by atoms with van der Waals surface area (Å²) in [5.74, 6) is -1.17. The van der Waals surface area contributed by atoms with Crippen molar-refractivity contribution in [3.8, 4) is 0 Å². The van der Waals surface area contributed by atoms with Gasteiger partial charge in [-0.1, -0.05) is 17.7 Å². The molecule has 3 aromatic rings. The second-order valence-corrected chi connectivity index (χ2v) is 7.52. The van der Waals surface area contributed by atoms with Gasteiger partial charge in [-0.05, 0) is 44.5 Å². The lowest BCUT2D eigenvalue weighted by molar-refractivity contribution is -0.145. The lowest BCUT2D eigenvalue weighted by Gasteiger charge is -2.13. The van der Waals surface area contributed by atoms with Crippen LogP contribution < -0.4 is 5.56 Å². The number of carbonyl (C=O) groups is 3. The van der Waals surface area contributed by atoms with E-state index in [1.54, 1.807) is 30.3 Å². The summed E-state index contributed by atoms with van der Waals surface area (Å²) in [6, 6.07) is 11.8. The van der Waals surface area contributed by atoms with Crippen molar-refractivity contribution in [1.82, 2.24) is 14.3 Å². The maximum Gasteiger partial charge on any atom is 0.306 e. The molecule has 4 rings (SSSR count). The first-order chi connectivity index (χ1) is 14.8. The number of imide groups is 1. The third-order valence-electron chi connectivity index (χ3n) is 5.20. The SMILES string of the molecule is Cc1ccc2c(c1)C(=O)N(CCCC(=O)OCc1cc(=O)n3c(C)cccc3n1)C2=O. The largest absolute Gasteiger partial charge is 0.459 e. The highest BCUT2D eigenvalue weighted by Gasteiger charge is 2.35. The third kappa shape index (κ3) is 3.96. The molecule has 2 aromatic heterocycles. The quantitative estimate of drug-likeness (QED) is 0.450. The van der Waals surface area contributed by atoms with Gasteiger partial charge in [0.2, 0.25) is 0 Å². The van der Waals surface area contributed by atoms with Crippen LogP contribution in [-0.2, 0) is 16.1 Å². The molecule has 1 aliphatic rings. The Morgan fingerprint density at radius 3 is 2.58 bits per heavy atom. The number of hydrogen-bond acceptors (Lipinski definition) is 6. The summed E-state index contributed by atoms with van der Waals surface area (Å²) >= 11 is 0. The molecule has 0 atom stereocenters. The van der Waals surface area contributed by atoms with Gasteiger partial charge in [0, 0.05) is 24.7 Å². The molecule has 3 heterocycles. The minimum atomic E-state index is -0.487. The van der Waals surface area contributed by atoms with Crippen molar-refractivity contribution in [1.29, 1.82) is 0 Å². The number of pyridine rings is 1. The molecule has 0 fully saturated rings. The number of aryl methyl sites for hydroxylation is 2. The van der Waals surface area contributed by atoms with Crippen LogP contribution >= 0.6 is 0 Å². The lowest BCUT2D eigenvalue weighted by atomic mass is 10.1. The molecule has 0 spiro atoms. The van der Waals surface area contributed by atoms with Gasteiger partial charge in [0.05, 0.1) is 16.8 Å². The molecular weight excluding hydrogens is 398 g/mol. The molecule has 0 N–H and O–H groups in total. The zero-order valence-corrected chi connectivity index (χ0v) is 17.3. The van der Waals surface area contributed by atoms with Gasteiger partial charge in [-0.25, -0.2) is 4.98 Å². The Morgan fingerprint density at radius 1 is 1.00 bits per heavy atom. The van der Waals surface area contributed by atoms with E-state index in [-0.39, 0.29) is 43.4 Å². The number of amides is 2. The molecule has 0 bridgehead atoms. The van der Waals surface area contributed by atoms with Crippen molar-refractivity contribution in [2.45, 2.75) is 33.3 Å². The van der Waals surface area contributed by atoms with Crippen LogP contribution in [0.1, 0.15) is 50.5 Å². The summed E-state index contributed by atoms with van der Waals surface area (Å²) in [6.45, 7) is 3.68. The van der Waals surface area contributed by atoms with Crippen LogP contribution in [0, 0.1) is 13.8 Å². The van der Waals surface area contributed by atoms with E-state index in [9.17, 15) is 19.2 Å². The number of aromatic nitrogens is 2. The first kappa shape index (κ1) is 20.5. The highest BCUT2D eigenvalue weighted by molar-refractivity contribution is 6.21. The van der Waals surface area contributed by atoms with E-state index < -0.39 is 5.97 Å². The number of esters is 1. The Labute approximate surface area is 178 Å². The van der Waals surface area contributed by atoms with Crippen molar-refractivity contribution in [2.75, 3.05) is 6.54 Å². The number of rotatable bonds is 6. The molecule has 0 radical (unpaired) electrons. The lowest BCUT2D eigenvalue weighted by Crippen LogP contribution is -2.31. The van der Waals surface area contributed by atoms with E-state index in [2.05, 4.69) is 4.98 Å². The summed E-state index contributed by atoms with van der Waals surface area (Å²) in [4.78, 5) is 54.8. The molecule has 8 nitrogen and oxygen atoms in total. The average Bonchev–Trinajstić information content (AvgIpc) is 2.96. The van der Waals surface area contributed by atoms with Crippen LogP contribution in [0.5, 0.6) is 0 Å². The van der Waals surface area contributed by atoms with Gasteiger partial charge in [0.25, 0.3) is 17.4 Å². The van der Waals surface area contributed by atoms with Gasteiger partial charge in [-0.15, -0.1) is 0 Å². The zero-order chi connectivity index (χ0) is 22.1. The van der Waals surface area contributed by atoms with Crippen molar-refractivity contribution in [2.24, 2.45) is 0 Å². The topological polar surface area (TPSA) is 98.1 Å². The molecule has 0 saturated carbocycles. The predicted molar refractivity (Wildman–Crippen MR) is 112 cm³/mol. The van der Waals surface area contributed by atoms with Crippen molar-refractivity contribution >= 4 is 23.4 Å². The molecule has 2 amide bonds. The standard InChI is InChI=1S/C23H21N3O5/c1-14-8-9-17-18(11-14)23(30)25(22(17)29)10-4-7-21(28)31-13-16-12-20(27)26-15(2)5-3-6-19(26)24-16/h3,5-6,8-9,11-12H,4,7,10,13H2,1-2H3. The fourth-order valence-corrected chi connectivity index (χ4v) is 3.65. The van der Waals surface area contributed by atoms with Crippen LogP contribution in [0.25, 0.3) is 5.65 Å². The normalized spacial score (nSPS) is 13.0. The zero-order valence-electron chi connectivity index (χ0n) is 17.3. The Balaban J connectivity index is 1.32. The van der Waals surface area contributed by atoms with Crippen molar-refractivity contribution < 1.29 is 19.1 Å². The maximum atomic E-state index is 12.5. The van der Waals surface area contributed by atoms with Gasteiger partial charge >= 0.3 is 5.97 Å². The first-order valence-electron chi connectivity index (χ1n) is 9.96. The van der Waals surface area contributed by atoms with Gasteiger partial charge < -0.3 is 4.74 Å². The monoisotopic (exact) mass is 419 g/mol. The molecule has 0 aliphatic carbocycles. The fraction of sp³-hybridized carbons (Fsp3) is 0.261. The van der Waals surface area contributed by atoms with E-state index >= 15 is 0 Å². The van der Waals surface area contributed by atoms with E-state index in [4.69, 9.17) is 4.74 Å². The second kappa shape index (κ2) is 8.14. The van der Waals surface area contributed by atoms with Crippen LogP contribution in [0.3, 0.4) is 0 Å². The first-order valence-corrected chi connectivity index (χ1v) is 9.96. The number of hydrogen-bond donors (Lipinski definition) is 0. The summed E-state index contributed by atoms with van der Waals surface area (Å²) in [5, 5.41) is 0. The summed E-state index contributed by atoms with van der Waals surface area (Å²) in [7, 11) is 0. The minimum absolute atomic E-state index is 0.0398. The molecule has 158 valence electrons. The maximum absolute atomic E-state index is 12.5. The smallest absolute Gasteiger partial charge is 0.306 e. The van der Waals surface area contributed by atoms with Gasteiger partial charge in [0.1, 0.15) is 12.3 Å². The fourth-order valence-electron chi connectivity index (χ4n) is 3.65. The molecule has 1 aliphatic heterocycles. The number of benzene rings is 1. The summed E-state index contributed by atoms with van der Waals surface area (Å²) in [6.07, 6.45) is 0.328. The molecule has 8 heteroatoms. The second-order valence-electron chi connectivity index (χ2n) is 7.52. The highest BCUT2D eigenvalue weighted by atomic mass is 16.5. The number of carbonyl (C=O) groups excluding carboxylic acids is 3. The number of ether oxygens (including phenoxy) is 1.